The van der Waals surface area contributed by atoms with Crippen LogP contribution in [0.5, 0.6) is 5.75 Å². The lowest BCUT2D eigenvalue weighted by atomic mass is 10.1. The van der Waals surface area contributed by atoms with Gasteiger partial charge in [-0.25, -0.2) is 0 Å². The molecule has 0 spiro atoms. The SMILES string of the molecule is [OH2+]c1cccc2c1oc1ccccc12. The van der Waals surface area contributed by atoms with Gasteiger partial charge in [-0.2, -0.15) is 0 Å². The van der Waals surface area contributed by atoms with Crippen LogP contribution in [-0.4, -0.2) is 5.11 Å². The molecule has 0 aliphatic rings. The molecule has 0 saturated carbocycles. The van der Waals surface area contributed by atoms with Crippen LogP contribution in [0.2, 0.25) is 0 Å². The number of furan rings is 1. The summed E-state index contributed by atoms with van der Waals surface area (Å²) in [6.07, 6.45) is 0. The van der Waals surface area contributed by atoms with E-state index >= 15 is 0 Å². The summed E-state index contributed by atoms with van der Waals surface area (Å²) in [6, 6.07) is 13.5. The van der Waals surface area contributed by atoms with Crippen LogP contribution in [0.15, 0.2) is 46.9 Å². The minimum Gasteiger partial charge on any atom is -0.591 e. The molecule has 3 rings (SSSR count). The molecule has 0 unspecified atom stereocenters. The van der Waals surface area contributed by atoms with Crippen molar-refractivity contribution in [2.45, 2.75) is 0 Å². The highest BCUT2D eigenvalue weighted by molar-refractivity contribution is 6.06. The number of fused-ring (bicyclic) bond motifs is 3. The molecule has 0 amide bonds. The van der Waals surface area contributed by atoms with Crippen LogP contribution in [-0.2, 0) is 0 Å². The van der Waals surface area contributed by atoms with Crippen molar-refractivity contribution in [3.63, 3.8) is 0 Å². The molecule has 1 aromatic heterocycles. The van der Waals surface area contributed by atoms with E-state index in [1.807, 2.05) is 36.4 Å². The molecule has 0 radical (unpaired) electrons. The van der Waals surface area contributed by atoms with E-state index < -0.39 is 0 Å². The van der Waals surface area contributed by atoms with Crippen molar-refractivity contribution in [3.05, 3.63) is 42.5 Å². The maximum absolute atomic E-state index is 7.70. The minimum absolute atomic E-state index is 0.443. The summed E-state index contributed by atoms with van der Waals surface area (Å²) < 4.78 is 5.60. The van der Waals surface area contributed by atoms with E-state index in [-0.39, 0.29) is 0 Å². The molecule has 0 aliphatic carbocycles. The summed E-state index contributed by atoms with van der Waals surface area (Å²) >= 11 is 0. The van der Waals surface area contributed by atoms with E-state index in [1.54, 1.807) is 6.07 Å². The van der Waals surface area contributed by atoms with E-state index in [9.17, 15) is 0 Å². The Morgan fingerprint density at radius 3 is 2.57 bits per heavy atom. The first kappa shape index (κ1) is 7.44. The van der Waals surface area contributed by atoms with Crippen LogP contribution in [0.3, 0.4) is 0 Å². The predicted octanol–water partition coefficient (Wildman–Crippen LogP) is 3.02. The van der Waals surface area contributed by atoms with Gasteiger partial charge in [-0.1, -0.05) is 24.3 Å². The summed E-state index contributed by atoms with van der Waals surface area (Å²) in [5.74, 6) is 0.443. The molecule has 0 fully saturated rings. The van der Waals surface area contributed by atoms with E-state index in [2.05, 4.69) is 0 Å². The second kappa shape index (κ2) is 2.51. The van der Waals surface area contributed by atoms with Crippen LogP contribution in [0.1, 0.15) is 0 Å². The zero-order valence-electron chi connectivity index (χ0n) is 7.45. The molecule has 0 bridgehead atoms. The molecule has 68 valence electrons. The lowest BCUT2D eigenvalue weighted by Crippen LogP contribution is -1.66. The summed E-state index contributed by atoms with van der Waals surface area (Å²) in [5.41, 5.74) is 1.52. The third-order valence-electron chi connectivity index (χ3n) is 2.40. The van der Waals surface area contributed by atoms with E-state index in [0.29, 0.717) is 11.3 Å². The predicted molar refractivity (Wildman–Crippen MR) is 56.8 cm³/mol. The molecule has 0 aliphatic heterocycles. The van der Waals surface area contributed by atoms with Crippen molar-refractivity contribution in [2.24, 2.45) is 0 Å². The largest absolute Gasteiger partial charge is 0.591 e. The second-order valence-corrected chi connectivity index (χ2v) is 3.28. The van der Waals surface area contributed by atoms with Crippen LogP contribution in [0, 0.1) is 0 Å². The summed E-state index contributed by atoms with van der Waals surface area (Å²) in [7, 11) is 0. The first-order chi connectivity index (χ1) is 6.86. The van der Waals surface area contributed by atoms with Gasteiger partial charge in [-0.05, 0) is 12.1 Å². The molecule has 14 heavy (non-hydrogen) atoms. The van der Waals surface area contributed by atoms with Gasteiger partial charge in [-0.3, -0.25) is 0 Å². The molecule has 2 heteroatoms. The highest BCUT2D eigenvalue weighted by Gasteiger charge is 2.11. The third-order valence-corrected chi connectivity index (χ3v) is 2.40. The number of hydrogen-bond donors (Lipinski definition) is 0. The van der Waals surface area contributed by atoms with Gasteiger partial charge in [0.2, 0.25) is 5.58 Å². The van der Waals surface area contributed by atoms with Crippen LogP contribution in [0.4, 0.5) is 0 Å². The summed E-state index contributed by atoms with van der Waals surface area (Å²) in [6.45, 7) is 0. The van der Waals surface area contributed by atoms with E-state index in [1.165, 1.54) is 0 Å². The van der Waals surface area contributed by atoms with Gasteiger partial charge in [0.15, 0.2) is 0 Å². The van der Waals surface area contributed by atoms with Gasteiger partial charge < -0.3 is 9.52 Å². The Labute approximate surface area is 80.4 Å². The Kier molecular flexibility index (Phi) is 1.34. The lowest BCUT2D eigenvalue weighted by Gasteiger charge is -1.87. The van der Waals surface area contributed by atoms with E-state index in [0.717, 1.165) is 16.4 Å². The highest BCUT2D eigenvalue weighted by atomic mass is 16.4. The molecular formula is C12H9O2+. The Morgan fingerprint density at radius 2 is 1.64 bits per heavy atom. The van der Waals surface area contributed by atoms with Crippen LogP contribution < -0.4 is 0 Å². The molecule has 2 aromatic carbocycles. The van der Waals surface area contributed by atoms with E-state index in [4.69, 9.17) is 9.52 Å². The fourth-order valence-electron chi connectivity index (χ4n) is 1.75. The van der Waals surface area contributed by atoms with Crippen molar-refractivity contribution in [2.75, 3.05) is 0 Å². The Morgan fingerprint density at radius 1 is 0.857 bits per heavy atom. The van der Waals surface area contributed by atoms with Crippen molar-refractivity contribution in [1.29, 1.82) is 0 Å². The van der Waals surface area contributed by atoms with Gasteiger partial charge in [0, 0.05) is 16.8 Å². The quantitative estimate of drug-likeness (QED) is 0.496. The first-order valence-corrected chi connectivity index (χ1v) is 4.48. The number of hydrogen-bond acceptors (Lipinski definition) is 1. The Bertz CT molecular complexity index is 608. The standard InChI is InChI=1S/C12H8O2/c13-10-6-3-5-9-8-4-1-2-7-11(8)14-12(9)10/h1-7,13H/p+1. The molecule has 3 aromatic rings. The lowest BCUT2D eigenvalue weighted by molar-refractivity contribution is 0.469. The molecule has 2 nitrogen and oxygen atoms in total. The number of rotatable bonds is 0. The highest BCUT2D eigenvalue weighted by Crippen LogP contribution is 2.33. The number of para-hydroxylation sites is 2. The summed E-state index contributed by atoms with van der Waals surface area (Å²) in [4.78, 5) is 0. The minimum atomic E-state index is 0.443. The average Bonchev–Trinajstić information content (AvgIpc) is 2.59. The molecular weight excluding hydrogens is 176 g/mol. The molecule has 1 heterocycles. The van der Waals surface area contributed by atoms with Gasteiger partial charge in [0.1, 0.15) is 5.58 Å². The fraction of sp³-hybridized carbons (Fsp3) is 0. The van der Waals surface area contributed by atoms with Gasteiger partial charge in [-0.15, -0.1) is 0 Å². The Hall–Kier alpha value is -1.96. The van der Waals surface area contributed by atoms with Gasteiger partial charge in [0.25, 0.3) is 5.75 Å². The van der Waals surface area contributed by atoms with Crippen molar-refractivity contribution < 1.29 is 9.52 Å². The van der Waals surface area contributed by atoms with Crippen molar-refractivity contribution in [1.82, 2.24) is 0 Å². The maximum atomic E-state index is 7.70. The second-order valence-electron chi connectivity index (χ2n) is 3.28. The smallest absolute Gasteiger partial charge is 0.298 e. The summed E-state index contributed by atoms with van der Waals surface area (Å²) in [5, 5.41) is 9.80. The molecule has 2 N–H and O–H groups in total. The van der Waals surface area contributed by atoms with Gasteiger partial charge in [0.05, 0.1) is 0 Å². The first-order valence-electron chi connectivity index (χ1n) is 4.48. The maximum Gasteiger partial charge on any atom is 0.298 e. The Balaban J connectivity index is 2.63. The van der Waals surface area contributed by atoms with Gasteiger partial charge >= 0.3 is 0 Å². The monoisotopic (exact) mass is 185 g/mol. The molecule has 0 saturated heterocycles. The third kappa shape index (κ3) is 0.852. The van der Waals surface area contributed by atoms with Crippen LogP contribution >= 0.6 is 0 Å². The number of benzene rings is 2. The fourth-order valence-corrected chi connectivity index (χ4v) is 1.75. The van der Waals surface area contributed by atoms with Crippen LogP contribution in [0.25, 0.3) is 21.9 Å². The van der Waals surface area contributed by atoms with Crippen molar-refractivity contribution >= 4 is 21.9 Å². The molecule has 0 atom stereocenters. The van der Waals surface area contributed by atoms with Crippen molar-refractivity contribution in [3.8, 4) is 5.75 Å². The zero-order valence-corrected chi connectivity index (χ0v) is 7.45. The zero-order chi connectivity index (χ0) is 9.54. The topological polar surface area (TPSA) is 36.0 Å². The average molecular weight is 185 g/mol. The normalized spacial score (nSPS) is 11.1.